The summed E-state index contributed by atoms with van der Waals surface area (Å²) < 4.78 is 6.39. The third-order valence-electron chi connectivity index (χ3n) is 4.15. The summed E-state index contributed by atoms with van der Waals surface area (Å²) in [7, 11) is 0. The van der Waals surface area contributed by atoms with Gasteiger partial charge in [0.1, 0.15) is 0 Å². The number of carbonyl (C=O) groups is 2. The van der Waals surface area contributed by atoms with E-state index in [4.69, 9.17) is 4.74 Å². The lowest BCUT2D eigenvalue weighted by atomic mass is 10.1. The van der Waals surface area contributed by atoms with E-state index in [1.54, 1.807) is 44.2 Å². The zero-order valence-electron chi connectivity index (χ0n) is 15.9. The molecule has 1 aromatic heterocycles. The summed E-state index contributed by atoms with van der Waals surface area (Å²) in [5.41, 5.74) is 1.35. The maximum absolute atomic E-state index is 12.6. The normalized spacial score (nSPS) is 10.9. The van der Waals surface area contributed by atoms with Crippen molar-refractivity contribution in [2.45, 2.75) is 26.8 Å². The molecule has 1 amide bonds. The summed E-state index contributed by atoms with van der Waals surface area (Å²) in [6.45, 7) is 5.06. The molecule has 3 rings (SSSR count). The van der Waals surface area contributed by atoms with Gasteiger partial charge >= 0.3 is 5.97 Å². The Hall–Kier alpha value is -3.48. The number of aryl methyl sites for hydroxylation is 1. The predicted octanol–water partition coefficient (Wildman–Crippen LogP) is 3.08. The molecule has 0 saturated heterocycles. The molecule has 1 heterocycles. The van der Waals surface area contributed by atoms with Crippen LogP contribution in [0.4, 0.5) is 5.69 Å². The van der Waals surface area contributed by atoms with Gasteiger partial charge in [-0.3, -0.25) is 9.59 Å². The van der Waals surface area contributed by atoms with Crippen LogP contribution in [0.25, 0.3) is 10.8 Å². The largest absolute Gasteiger partial charge is 0.451 e. The SMILES string of the molecule is Cc1cccc(NC(=O)COC(=O)c2nn(C(C)C)c(=O)c3ccccc23)c1. The first-order chi connectivity index (χ1) is 13.4. The first kappa shape index (κ1) is 19.3. The van der Waals surface area contributed by atoms with Crippen molar-refractivity contribution in [3.63, 3.8) is 0 Å². The molecule has 28 heavy (non-hydrogen) atoms. The van der Waals surface area contributed by atoms with Crippen molar-refractivity contribution in [2.75, 3.05) is 11.9 Å². The Morgan fingerprint density at radius 1 is 1.11 bits per heavy atom. The summed E-state index contributed by atoms with van der Waals surface area (Å²) in [6, 6.07) is 13.8. The van der Waals surface area contributed by atoms with Crippen LogP contribution in [-0.4, -0.2) is 28.3 Å². The molecule has 144 valence electrons. The van der Waals surface area contributed by atoms with Crippen molar-refractivity contribution in [3.05, 3.63) is 70.1 Å². The molecule has 0 saturated carbocycles. The van der Waals surface area contributed by atoms with Crippen molar-refractivity contribution < 1.29 is 14.3 Å². The molecule has 7 nitrogen and oxygen atoms in total. The molecule has 0 atom stereocenters. The molecule has 0 aliphatic heterocycles. The second-order valence-electron chi connectivity index (χ2n) is 6.73. The number of esters is 1. The minimum atomic E-state index is -0.759. The third-order valence-corrected chi connectivity index (χ3v) is 4.15. The molecule has 1 N–H and O–H groups in total. The second kappa shape index (κ2) is 8.04. The highest BCUT2D eigenvalue weighted by molar-refractivity contribution is 6.03. The van der Waals surface area contributed by atoms with Gasteiger partial charge in [-0.25, -0.2) is 9.48 Å². The van der Waals surface area contributed by atoms with Gasteiger partial charge in [0.05, 0.1) is 11.4 Å². The minimum Gasteiger partial charge on any atom is -0.451 e. The van der Waals surface area contributed by atoms with E-state index in [0.29, 0.717) is 16.5 Å². The average Bonchev–Trinajstić information content (AvgIpc) is 2.66. The number of nitrogens with zero attached hydrogens (tertiary/aromatic N) is 2. The van der Waals surface area contributed by atoms with E-state index in [2.05, 4.69) is 10.4 Å². The van der Waals surface area contributed by atoms with Gasteiger partial charge in [-0.15, -0.1) is 0 Å². The van der Waals surface area contributed by atoms with Crippen LogP contribution in [0.3, 0.4) is 0 Å². The van der Waals surface area contributed by atoms with Crippen molar-refractivity contribution in [3.8, 4) is 0 Å². The number of aromatic nitrogens is 2. The molecule has 7 heteroatoms. The maximum Gasteiger partial charge on any atom is 0.359 e. The van der Waals surface area contributed by atoms with Crippen molar-refractivity contribution in [1.82, 2.24) is 9.78 Å². The number of nitrogens with one attached hydrogen (secondary N) is 1. The number of ether oxygens (including phenoxy) is 1. The number of fused-ring (bicyclic) bond motifs is 1. The van der Waals surface area contributed by atoms with Gasteiger partial charge in [-0.1, -0.05) is 30.3 Å². The number of hydrogen-bond donors (Lipinski definition) is 1. The number of benzene rings is 2. The Labute approximate surface area is 161 Å². The standard InChI is InChI=1S/C21H21N3O4/c1-13(2)24-20(26)17-10-5-4-9-16(17)19(23-24)21(27)28-12-18(25)22-15-8-6-7-14(3)11-15/h4-11,13H,12H2,1-3H3,(H,22,25). The number of carbonyl (C=O) groups excluding carboxylic acids is 2. The Morgan fingerprint density at radius 2 is 1.82 bits per heavy atom. The molecule has 0 bridgehead atoms. The lowest BCUT2D eigenvalue weighted by Gasteiger charge is -2.13. The molecule has 0 spiro atoms. The minimum absolute atomic E-state index is 0.00672. The smallest absolute Gasteiger partial charge is 0.359 e. The summed E-state index contributed by atoms with van der Waals surface area (Å²) >= 11 is 0. The highest BCUT2D eigenvalue weighted by atomic mass is 16.5. The van der Waals surface area contributed by atoms with Gasteiger partial charge in [-0.05, 0) is 44.5 Å². The first-order valence-electron chi connectivity index (χ1n) is 8.92. The first-order valence-corrected chi connectivity index (χ1v) is 8.92. The quantitative estimate of drug-likeness (QED) is 0.688. The molecule has 0 unspecified atom stereocenters. The van der Waals surface area contributed by atoms with Crippen molar-refractivity contribution >= 4 is 28.3 Å². The van der Waals surface area contributed by atoms with Gasteiger partial charge in [-0.2, -0.15) is 5.10 Å². The zero-order valence-corrected chi connectivity index (χ0v) is 15.9. The molecule has 0 aliphatic carbocycles. The van der Waals surface area contributed by atoms with Gasteiger partial charge in [0.25, 0.3) is 11.5 Å². The molecule has 3 aromatic rings. The second-order valence-corrected chi connectivity index (χ2v) is 6.73. The maximum atomic E-state index is 12.6. The Balaban J connectivity index is 1.81. The van der Waals surface area contributed by atoms with Gasteiger partial charge in [0.2, 0.25) is 0 Å². The van der Waals surface area contributed by atoms with Crippen molar-refractivity contribution in [1.29, 1.82) is 0 Å². The molecule has 2 aromatic carbocycles. The number of rotatable bonds is 5. The highest BCUT2D eigenvalue weighted by Gasteiger charge is 2.20. The van der Waals surface area contributed by atoms with Gasteiger partial charge in [0.15, 0.2) is 12.3 Å². The zero-order chi connectivity index (χ0) is 20.3. The topological polar surface area (TPSA) is 90.3 Å². The van der Waals surface area contributed by atoms with Crippen LogP contribution >= 0.6 is 0 Å². The van der Waals surface area contributed by atoms with Crippen LogP contribution < -0.4 is 10.9 Å². The fourth-order valence-corrected chi connectivity index (χ4v) is 2.83. The van der Waals surface area contributed by atoms with Crippen LogP contribution in [0, 0.1) is 6.92 Å². The van der Waals surface area contributed by atoms with Crippen molar-refractivity contribution in [2.24, 2.45) is 0 Å². The molecule has 0 fully saturated rings. The van der Waals surface area contributed by atoms with E-state index in [1.165, 1.54) is 4.68 Å². The molecule has 0 radical (unpaired) electrons. The lowest BCUT2D eigenvalue weighted by Crippen LogP contribution is -2.28. The fourth-order valence-electron chi connectivity index (χ4n) is 2.83. The van der Waals surface area contributed by atoms with E-state index in [-0.39, 0.29) is 17.3 Å². The summed E-state index contributed by atoms with van der Waals surface area (Å²) in [4.78, 5) is 37.2. The Morgan fingerprint density at radius 3 is 2.50 bits per heavy atom. The average molecular weight is 379 g/mol. The van der Waals surface area contributed by atoms with E-state index in [9.17, 15) is 14.4 Å². The lowest BCUT2D eigenvalue weighted by molar-refractivity contribution is -0.119. The van der Waals surface area contributed by atoms with Gasteiger partial charge < -0.3 is 10.1 Å². The van der Waals surface area contributed by atoms with Crippen LogP contribution in [0.2, 0.25) is 0 Å². The summed E-state index contributed by atoms with van der Waals surface area (Å²) in [5, 5.41) is 7.62. The molecule has 0 aliphatic rings. The van der Waals surface area contributed by atoms with Crippen LogP contribution in [0.15, 0.2) is 53.3 Å². The van der Waals surface area contributed by atoms with E-state index >= 15 is 0 Å². The van der Waals surface area contributed by atoms with Crippen LogP contribution in [0.1, 0.15) is 35.9 Å². The van der Waals surface area contributed by atoms with Crippen LogP contribution in [0.5, 0.6) is 0 Å². The van der Waals surface area contributed by atoms with Crippen LogP contribution in [-0.2, 0) is 9.53 Å². The Bertz CT molecular complexity index is 1100. The monoisotopic (exact) mass is 379 g/mol. The summed E-state index contributed by atoms with van der Waals surface area (Å²) in [5.74, 6) is -1.22. The Kier molecular flexibility index (Phi) is 5.54. The number of amides is 1. The molecular formula is C21H21N3O4. The van der Waals surface area contributed by atoms with E-state index in [0.717, 1.165) is 5.56 Å². The third kappa shape index (κ3) is 4.09. The number of anilines is 1. The van der Waals surface area contributed by atoms with E-state index in [1.807, 2.05) is 25.1 Å². The predicted molar refractivity (Wildman–Crippen MR) is 106 cm³/mol. The van der Waals surface area contributed by atoms with E-state index < -0.39 is 18.5 Å². The van der Waals surface area contributed by atoms with Gasteiger partial charge in [0, 0.05) is 11.1 Å². The molecular weight excluding hydrogens is 358 g/mol. The summed E-state index contributed by atoms with van der Waals surface area (Å²) in [6.07, 6.45) is 0. The highest BCUT2D eigenvalue weighted by Crippen LogP contribution is 2.16. The fraction of sp³-hybridized carbons (Fsp3) is 0.238. The number of hydrogen-bond acceptors (Lipinski definition) is 5.